The van der Waals surface area contributed by atoms with Crippen LogP contribution < -0.4 is 5.32 Å². The van der Waals surface area contributed by atoms with Crippen LogP contribution in [0.3, 0.4) is 0 Å². The Hall–Kier alpha value is -2.63. The van der Waals surface area contributed by atoms with Crippen LogP contribution in [0.5, 0.6) is 0 Å². The number of benzene rings is 1. The van der Waals surface area contributed by atoms with Crippen LogP contribution in [0.2, 0.25) is 0 Å². The van der Waals surface area contributed by atoms with Crippen molar-refractivity contribution in [1.82, 2.24) is 19.5 Å². The van der Waals surface area contributed by atoms with Gasteiger partial charge < -0.3 is 14.9 Å². The van der Waals surface area contributed by atoms with E-state index >= 15 is 0 Å². The molecule has 0 bridgehead atoms. The second-order valence-electron chi connectivity index (χ2n) is 5.57. The molecule has 1 atom stereocenters. The van der Waals surface area contributed by atoms with Crippen LogP contribution in [-0.2, 0) is 11.3 Å². The Morgan fingerprint density at radius 3 is 2.95 bits per heavy atom. The first-order chi connectivity index (χ1) is 10.5. The number of aromatic nitrogens is 4. The molecule has 0 spiro atoms. The molecule has 6 heteroatoms. The number of aromatic amines is 1. The number of hydrogen-bond acceptors (Lipinski definition) is 3. The van der Waals surface area contributed by atoms with Crippen molar-refractivity contribution in [1.29, 1.82) is 0 Å². The molecule has 1 amide bonds. The monoisotopic (exact) mass is 297 g/mol. The first-order valence-corrected chi connectivity index (χ1v) is 7.28. The molecule has 2 N–H and O–H groups in total. The third-order valence-corrected chi connectivity index (χ3v) is 3.71. The molecule has 22 heavy (non-hydrogen) atoms. The maximum Gasteiger partial charge on any atom is 0.229 e. The molecule has 2 aromatic heterocycles. The van der Waals surface area contributed by atoms with Crippen LogP contribution in [0.25, 0.3) is 11.0 Å². The van der Waals surface area contributed by atoms with Gasteiger partial charge in [0.2, 0.25) is 5.91 Å². The van der Waals surface area contributed by atoms with Gasteiger partial charge in [0.05, 0.1) is 17.0 Å². The van der Waals surface area contributed by atoms with E-state index in [1.165, 1.54) is 0 Å². The van der Waals surface area contributed by atoms with Crippen molar-refractivity contribution in [3.8, 4) is 0 Å². The van der Waals surface area contributed by atoms with Gasteiger partial charge >= 0.3 is 0 Å². The first kappa shape index (κ1) is 14.3. The summed E-state index contributed by atoms with van der Waals surface area (Å²) < 4.78 is 1.98. The molecule has 3 rings (SSSR count). The second kappa shape index (κ2) is 5.63. The molecule has 0 aliphatic carbocycles. The number of imidazole rings is 2. The summed E-state index contributed by atoms with van der Waals surface area (Å²) >= 11 is 0. The van der Waals surface area contributed by atoms with Crippen LogP contribution in [0.4, 0.5) is 5.69 Å². The number of rotatable bonds is 4. The number of fused-ring (bicyclic) bond motifs is 1. The summed E-state index contributed by atoms with van der Waals surface area (Å²) in [5.41, 5.74) is 2.60. The second-order valence-corrected chi connectivity index (χ2v) is 5.57. The molecule has 114 valence electrons. The van der Waals surface area contributed by atoms with Gasteiger partial charge in [-0.05, 0) is 32.0 Å². The zero-order valence-corrected chi connectivity index (χ0v) is 12.9. The minimum Gasteiger partial charge on any atom is -0.342 e. The molecule has 6 nitrogen and oxygen atoms in total. The fourth-order valence-corrected chi connectivity index (χ4v) is 2.46. The first-order valence-electron chi connectivity index (χ1n) is 7.28. The Kier molecular flexibility index (Phi) is 3.66. The number of amides is 1. The number of aryl methyl sites for hydroxylation is 2. The maximum absolute atomic E-state index is 12.3. The lowest BCUT2D eigenvalue weighted by Gasteiger charge is -2.14. The van der Waals surface area contributed by atoms with E-state index in [1.54, 1.807) is 6.20 Å². The lowest BCUT2D eigenvalue weighted by molar-refractivity contribution is -0.119. The summed E-state index contributed by atoms with van der Waals surface area (Å²) in [5.74, 6) is 1.62. The lowest BCUT2D eigenvalue weighted by atomic mass is 10.1. The molecule has 2 heterocycles. The highest BCUT2D eigenvalue weighted by Gasteiger charge is 2.15. The highest BCUT2D eigenvalue weighted by molar-refractivity contribution is 5.94. The predicted octanol–water partition coefficient (Wildman–Crippen LogP) is 2.65. The average Bonchev–Trinajstić information content (AvgIpc) is 3.03. The highest BCUT2D eigenvalue weighted by Crippen LogP contribution is 2.18. The van der Waals surface area contributed by atoms with E-state index in [0.29, 0.717) is 6.54 Å². The zero-order valence-electron chi connectivity index (χ0n) is 12.9. The Labute approximate surface area is 128 Å². The SMILES string of the molecule is Cc1nc2ccc(NC(=O)[C@H](C)Cn3ccnc3C)cc2[nH]1. The van der Waals surface area contributed by atoms with Crippen molar-refractivity contribution in [2.24, 2.45) is 5.92 Å². The van der Waals surface area contributed by atoms with E-state index in [1.807, 2.05) is 49.7 Å². The summed E-state index contributed by atoms with van der Waals surface area (Å²) in [6, 6.07) is 5.68. The topological polar surface area (TPSA) is 75.6 Å². The fraction of sp³-hybridized carbons (Fsp3) is 0.312. The van der Waals surface area contributed by atoms with Crippen LogP contribution in [0.15, 0.2) is 30.6 Å². The number of hydrogen-bond donors (Lipinski definition) is 2. The third-order valence-electron chi connectivity index (χ3n) is 3.71. The largest absolute Gasteiger partial charge is 0.342 e. The minimum atomic E-state index is -0.146. The minimum absolute atomic E-state index is 0.0105. The summed E-state index contributed by atoms with van der Waals surface area (Å²) in [6.45, 7) is 6.36. The Bertz CT molecular complexity index is 817. The number of anilines is 1. The van der Waals surface area contributed by atoms with Gasteiger partial charge in [0.1, 0.15) is 11.6 Å². The smallest absolute Gasteiger partial charge is 0.229 e. The van der Waals surface area contributed by atoms with Crippen LogP contribution >= 0.6 is 0 Å². The average molecular weight is 297 g/mol. The van der Waals surface area contributed by atoms with E-state index in [9.17, 15) is 4.79 Å². The van der Waals surface area contributed by atoms with Crippen LogP contribution in [0.1, 0.15) is 18.6 Å². The van der Waals surface area contributed by atoms with Gasteiger partial charge in [-0.1, -0.05) is 6.92 Å². The van der Waals surface area contributed by atoms with Crippen LogP contribution in [-0.4, -0.2) is 25.4 Å². The Morgan fingerprint density at radius 2 is 2.23 bits per heavy atom. The van der Waals surface area contributed by atoms with Gasteiger partial charge in [-0.15, -0.1) is 0 Å². The van der Waals surface area contributed by atoms with Crippen LogP contribution in [0, 0.1) is 19.8 Å². The summed E-state index contributed by atoms with van der Waals surface area (Å²) in [7, 11) is 0. The van der Waals surface area contributed by atoms with E-state index in [0.717, 1.165) is 28.4 Å². The summed E-state index contributed by atoms with van der Waals surface area (Å²) in [4.78, 5) is 24.0. The fourth-order valence-electron chi connectivity index (χ4n) is 2.46. The van der Waals surface area contributed by atoms with Crippen molar-refractivity contribution < 1.29 is 4.79 Å². The van der Waals surface area contributed by atoms with E-state index in [-0.39, 0.29) is 11.8 Å². The van der Waals surface area contributed by atoms with E-state index in [2.05, 4.69) is 20.3 Å². The van der Waals surface area contributed by atoms with Gasteiger partial charge in [-0.2, -0.15) is 0 Å². The summed E-state index contributed by atoms with van der Waals surface area (Å²) in [6.07, 6.45) is 3.63. The maximum atomic E-state index is 12.3. The quantitative estimate of drug-likeness (QED) is 0.777. The van der Waals surface area contributed by atoms with Gasteiger partial charge in [0, 0.05) is 24.6 Å². The number of H-pyrrole nitrogens is 1. The molecule has 3 aromatic rings. The molecule has 0 fully saturated rings. The molecule has 0 saturated heterocycles. The highest BCUT2D eigenvalue weighted by atomic mass is 16.1. The number of nitrogens with zero attached hydrogens (tertiary/aromatic N) is 3. The van der Waals surface area contributed by atoms with Crippen molar-refractivity contribution in [3.63, 3.8) is 0 Å². The zero-order chi connectivity index (χ0) is 15.7. The Balaban J connectivity index is 1.70. The number of nitrogens with one attached hydrogen (secondary N) is 2. The molecule has 0 saturated carbocycles. The van der Waals surface area contributed by atoms with Gasteiger partial charge in [-0.25, -0.2) is 9.97 Å². The molecular formula is C16H19N5O. The van der Waals surface area contributed by atoms with E-state index in [4.69, 9.17) is 0 Å². The van der Waals surface area contributed by atoms with Crippen molar-refractivity contribution in [2.45, 2.75) is 27.3 Å². The summed E-state index contributed by atoms with van der Waals surface area (Å²) in [5, 5.41) is 2.95. The molecule has 0 aliphatic heterocycles. The number of carbonyl (C=O) groups is 1. The van der Waals surface area contributed by atoms with Gasteiger partial charge in [0.15, 0.2) is 0 Å². The standard InChI is InChI=1S/C16H19N5O/c1-10(9-21-7-6-17-12(21)3)16(22)20-13-4-5-14-15(8-13)19-11(2)18-14/h4-8,10H,9H2,1-3H3,(H,18,19)(H,20,22)/t10-/m1/s1. The predicted molar refractivity (Wildman–Crippen MR) is 85.6 cm³/mol. The third kappa shape index (κ3) is 2.86. The molecular weight excluding hydrogens is 278 g/mol. The number of carbonyl (C=O) groups excluding carboxylic acids is 1. The van der Waals surface area contributed by atoms with Crippen molar-refractivity contribution in [2.75, 3.05) is 5.32 Å². The normalized spacial score (nSPS) is 12.5. The van der Waals surface area contributed by atoms with Gasteiger partial charge in [-0.3, -0.25) is 4.79 Å². The molecule has 0 aliphatic rings. The molecule has 0 unspecified atom stereocenters. The van der Waals surface area contributed by atoms with E-state index < -0.39 is 0 Å². The lowest BCUT2D eigenvalue weighted by Crippen LogP contribution is -2.24. The Morgan fingerprint density at radius 1 is 1.41 bits per heavy atom. The van der Waals surface area contributed by atoms with Crippen molar-refractivity contribution >= 4 is 22.6 Å². The van der Waals surface area contributed by atoms with Crippen molar-refractivity contribution in [3.05, 3.63) is 42.2 Å². The van der Waals surface area contributed by atoms with Gasteiger partial charge in [0.25, 0.3) is 0 Å². The molecule has 0 radical (unpaired) electrons. The molecule has 1 aromatic carbocycles.